The minimum absolute atomic E-state index is 0.192. The molecule has 0 spiro atoms. The summed E-state index contributed by atoms with van der Waals surface area (Å²) in [6, 6.07) is 18.7. The molecule has 32 heavy (non-hydrogen) atoms. The summed E-state index contributed by atoms with van der Waals surface area (Å²) in [6.45, 7) is 1.69. The van der Waals surface area contributed by atoms with Gasteiger partial charge in [-0.1, -0.05) is 60.7 Å². The zero-order chi connectivity index (χ0) is 22.3. The molecule has 3 aliphatic rings. The maximum atomic E-state index is 11.3. The molecule has 0 unspecified atom stereocenters. The van der Waals surface area contributed by atoms with Crippen molar-refractivity contribution in [3.63, 3.8) is 0 Å². The van der Waals surface area contributed by atoms with Crippen LogP contribution in [0.4, 0.5) is 0 Å². The van der Waals surface area contributed by atoms with Crippen molar-refractivity contribution >= 4 is 29.7 Å². The van der Waals surface area contributed by atoms with E-state index in [-0.39, 0.29) is 12.4 Å². The summed E-state index contributed by atoms with van der Waals surface area (Å²) >= 11 is 0. The summed E-state index contributed by atoms with van der Waals surface area (Å²) in [4.78, 5) is 21.2. The minimum atomic E-state index is -0.485. The predicted molar refractivity (Wildman–Crippen MR) is 131 cm³/mol. The Morgan fingerprint density at radius 1 is 1.06 bits per heavy atom. The molecule has 1 saturated carbocycles. The van der Waals surface area contributed by atoms with Gasteiger partial charge < -0.3 is 16.4 Å². The zero-order valence-electron chi connectivity index (χ0n) is 18.1. The Hall–Kier alpha value is -3.51. The Morgan fingerprint density at radius 2 is 1.78 bits per heavy atom. The normalized spacial score (nSPS) is 19.3. The third-order valence-electron chi connectivity index (χ3n) is 6.59. The van der Waals surface area contributed by atoms with Gasteiger partial charge in [0.1, 0.15) is 0 Å². The highest BCUT2D eigenvalue weighted by atomic mass is 16.1. The van der Waals surface area contributed by atoms with Crippen molar-refractivity contribution in [3.05, 3.63) is 101 Å². The third-order valence-corrected chi connectivity index (χ3v) is 6.59. The summed E-state index contributed by atoms with van der Waals surface area (Å²) in [6.07, 6.45) is 8.47. The lowest BCUT2D eigenvalue weighted by Crippen LogP contribution is -2.43. The molecule has 5 rings (SSSR count). The van der Waals surface area contributed by atoms with Crippen molar-refractivity contribution in [2.45, 2.75) is 31.7 Å². The molecule has 0 aromatic heterocycles. The Bertz CT molecular complexity index is 1230. The van der Waals surface area contributed by atoms with Gasteiger partial charge in [-0.3, -0.25) is 9.79 Å². The first kappa shape index (κ1) is 20.4. The Kier molecular flexibility index (Phi) is 5.02. The number of nitrogens with two attached hydrogens (primary N) is 2. The first-order valence-electron chi connectivity index (χ1n) is 11.0. The highest BCUT2D eigenvalue weighted by Crippen LogP contribution is 2.39. The van der Waals surface area contributed by atoms with Crippen LogP contribution in [0.15, 0.2) is 93.9 Å². The number of allylic oxidation sites excluding steroid dienone is 5. The molecule has 2 heterocycles. The topological polar surface area (TPSA) is 93.8 Å². The molecule has 5 nitrogen and oxygen atoms in total. The second-order valence-electron chi connectivity index (χ2n) is 8.70. The molecule has 0 radical (unpaired) electrons. The van der Waals surface area contributed by atoms with Crippen LogP contribution in [-0.2, 0) is 10.3 Å². The third kappa shape index (κ3) is 3.57. The van der Waals surface area contributed by atoms with Crippen LogP contribution in [0.3, 0.4) is 0 Å². The number of benzene rings is 2. The maximum Gasteiger partial charge on any atom is 0.365 e. The fourth-order valence-electron chi connectivity index (χ4n) is 4.60. The van der Waals surface area contributed by atoms with Crippen LogP contribution in [0, 0.1) is 0 Å². The number of amides is 1. The molecule has 0 saturated heterocycles. The van der Waals surface area contributed by atoms with E-state index in [0.29, 0.717) is 0 Å². The number of hydrogen-bond donors (Lipinski definition) is 2. The molecule has 158 valence electrons. The smallest absolute Gasteiger partial charge is 0.365 e. The van der Waals surface area contributed by atoms with E-state index in [4.69, 9.17) is 21.4 Å². The summed E-state index contributed by atoms with van der Waals surface area (Å²) in [5, 5.41) is 0. The number of fused-ring (bicyclic) bond motifs is 1. The average Bonchev–Trinajstić information content (AvgIpc) is 3.09. The molecule has 4 N–H and O–H groups in total. The van der Waals surface area contributed by atoms with Gasteiger partial charge >= 0.3 is 6.85 Å². The fourth-order valence-corrected chi connectivity index (χ4v) is 4.60. The van der Waals surface area contributed by atoms with Gasteiger partial charge in [0, 0.05) is 28.5 Å². The van der Waals surface area contributed by atoms with E-state index >= 15 is 0 Å². The molecule has 2 aromatic carbocycles. The lowest BCUT2D eigenvalue weighted by Gasteiger charge is -2.38. The zero-order valence-corrected chi connectivity index (χ0v) is 18.1. The Balaban J connectivity index is 1.58. The lowest BCUT2D eigenvalue weighted by atomic mass is 9.51. The van der Waals surface area contributed by atoms with Crippen LogP contribution >= 0.6 is 0 Å². The van der Waals surface area contributed by atoms with Crippen LogP contribution in [0.25, 0.3) is 5.57 Å². The molecule has 2 aromatic rings. The Labute approximate surface area is 188 Å². The van der Waals surface area contributed by atoms with Crippen LogP contribution in [0.5, 0.6) is 0 Å². The monoisotopic (exact) mass is 420 g/mol. The lowest BCUT2D eigenvalue weighted by molar-refractivity contribution is -0.113. The first-order chi connectivity index (χ1) is 15.4. The average molecular weight is 420 g/mol. The van der Waals surface area contributed by atoms with Crippen LogP contribution in [0.2, 0.25) is 0 Å². The van der Waals surface area contributed by atoms with Crippen LogP contribution in [0.1, 0.15) is 42.9 Å². The van der Waals surface area contributed by atoms with Crippen molar-refractivity contribution in [2.75, 3.05) is 0 Å². The van der Waals surface area contributed by atoms with Gasteiger partial charge in [0.15, 0.2) is 0 Å². The predicted octanol–water partition coefficient (Wildman–Crippen LogP) is 3.75. The SMILES string of the molecule is CC1=C(/C=C/C(N)=O)B2N=C(c3ccc(C4(N)CCC4)cc3)C(c3ccccc3)=CC2=N1. The van der Waals surface area contributed by atoms with E-state index in [1.807, 2.05) is 25.1 Å². The van der Waals surface area contributed by atoms with Gasteiger partial charge in [-0.2, -0.15) is 0 Å². The number of rotatable bonds is 5. The number of aliphatic imine (C=N–C) groups is 1. The number of nitrogens with zero attached hydrogens (tertiary/aromatic N) is 2. The van der Waals surface area contributed by atoms with Crippen LogP contribution in [-0.4, -0.2) is 24.1 Å². The van der Waals surface area contributed by atoms with Gasteiger partial charge in [0.25, 0.3) is 0 Å². The summed E-state index contributed by atoms with van der Waals surface area (Å²) in [5.74, 6) is -0.485. The van der Waals surface area contributed by atoms with Gasteiger partial charge in [0.2, 0.25) is 5.91 Å². The number of primary amides is 1. The molecule has 0 bridgehead atoms. The van der Waals surface area contributed by atoms with E-state index < -0.39 is 5.91 Å². The van der Waals surface area contributed by atoms with Gasteiger partial charge in [-0.15, -0.1) is 0 Å². The standard InChI is InChI=1S/C26H25BN4O/c1-17-22(12-13-24(28)32)27-23(30-17)16-21(18-6-3-2-4-7-18)25(31-27)19-8-10-20(11-9-19)26(29)14-5-15-26/h2-4,6-13,16H,5,14-15,29H2,1H3,(H2,28,32)/b13-12+. The van der Waals surface area contributed by atoms with E-state index in [0.717, 1.165) is 52.0 Å². The van der Waals surface area contributed by atoms with E-state index in [1.54, 1.807) is 6.08 Å². The molecule has 0 atom stereocenters. The summed E-state index contributed by atoms with van der Waals surface area (Å²) < 4.78 is 0. The van der Waals surface area contributed by atoms with Crippen molar-refractivity contribution in [2.24, 2.45) is 21.4 Å². The van der Waals surface area contributed by atoms with Crippen molar-refractivity contribution in [3.8, 4) is 0 Å². The summed E-state index contributed by atoms with van der Waals surface area (Å²) in [7, 11) is 0. The molecule has 1 amide bonds. The first-order valence-corrected chi connectivity index (χ1v) is 11.0. The van der Waals surface area contributed by atoms with Gasteiger partial charge in [-0.05, 0) is 54.4 Å². The van der Waals surface area contributed by atoms with Crippen LogP contribution < -0.4 is 11.5 Å². The maximum absolute atomic E-state index is 11.3. The molecule has 6 heteroatoms. The molecule has 1 fully saturated rings. The highest BCUT2D eigenvalue weighted by molar-refractivity contribution is 7.00. The number of hydrogen-bond acceptors (Lipinski definition) is 4. The van der Waals surface area contributed by atoms with E-state index in [1.165, 1.54) is 18.1 Å². The minimum Gasteiger partial charge on any atom is -0.366 e. The Morgan fingerprint density at radius 3 is 2.41 bits per heavy atom. The van der Waals surface area contributed by atoms with Crippen molar-refractivity contribution < 1.29 is 4.79 Å². The second-order valence-corrected chi connectivity index (χ2v) is 8.70. The van der Waals surface area contributed by atoms with E-state index in [2.05, 4.69) is 42.5 Å². The largest absolute Gasteiger partial charge is 0.366 e. The van der Waals surface area contributed by atoms with Crippen molar-refractivity contribution in [1.82, 2.24) is 0 Å². The molecular weight excluding hydrogens is 395 g/mol. The van der Waals surface area contributed by atoms with Gasteiger partial charge in [-0.25, -0.2) is 0 Å². The number of carbonyl (C=O) groups is 1. The number of carbonyl (C=O) groups excluding carboxylic acids is 1. The second kappa shape index (κ2) is 7.88. The summed E-state index contributed by atoms with van der Waals surface area (Å²) in [5.41, 5.74) is 19.5. The highest BCUT2D eigenvalue weighted by Gasteiger charge is 2.36. The molecule has 1 aliphatic carbocycles. The van der Waals surface area contributed by atoms with Crippen molar-refractivity contribution in [1.29, 1.82) is 0 Å². The molecular formula is C26H25BN4O. The quantitative estimate of drug-likeness (QED) is 0.570. The fraction of sp³-hybridized carbons (Fsp3) is 0.192. The molecule has 2 aliphatic heterocycles. The van der Waals surface area contributed by atoms with E-state index in [9.17, 15) is 4.79 Å². The van der Waals surface area contributed by atoms with Gasteiger partial charge in [0.05, 0.1) is 5.71 Å².